The Hall–Kier alpha value is -0.590. The molecule has 3 nitrogen and oxygen atoms in total. The molecule has 1 N–H and O–H groups in total. The Labute approximate surface area is 98.8 Å². The summed E-state index contributed by atoms with van der Waals surface area (Å²) < 4.78 is 0. The van der Waals surface area contributed by atoms with Crippen molar-refractivity contribution in [3.8, 4) is 6.07 Å². The lowest BCUT2D eigenvalue weighted by Crippen LogP contribution is -2.39. The molecular formula is C13H23N3. The molecule has 1 heterocycles. The maximum atomic E-state index is 9.05. The van der Waals surface area contributed by atoms with Crippen LogP contribution in [0.25, 0.3) is 0 Å². The van der Waals surface area contributed by atoms with E-state index in [0.29, 0.717) is 6.04 Å². The van der Waals surface area contributed by atoms with Crippen molar-refractivity contribution in [1.29, 1.82) is 5.26 Å². The van der Waals surface area contributed by atoms with Gasteiger partial charge in [-0.05, 0) is 45.4 Å². The van der Waals surface area contributed by atoms with Crippen LogP contribution >= 0.6 is 0 Å². The first kappa shape index (κ1) is 11.9. The molecular weight excluding hydrogens is 198 g/mol. The molecule has 2 aliphatic rings. The average Bonchev–Trinajstić information content (AvgIpc) is 2.85. The minimum atomic E-state index is 0.0270. The standard InChI is InChI=1S/C13H23N3/c1-10(2)15-12(8-14)5-6-16-9-11-3-4-13(16)7-11/h10-13,15H,3-7,9H2,1-2H3. The lowest BCUT2D eigenvalue weighted by molar-refractivity contribution is 0.206. The Morgan fingerprint density at radius 2 is 2.25 bits per heavy atom. The summed E-state index contributed by atoms with van der Waals surface area (Å²) in [6.07, 6.45) is 5.21. The first-order valence-electron chi connectivity index (χ1n) is 6.58. The van der Waals surface area contributed by atoms with Crippen LogP contribution in [0.15, 0.2) is 0 Å². The second-order valence-corrected chi connectivity index (χ2v) is 5.62. The number of nitriles is 1. The van der Waals surface area contributed by atoms with E-state index in [1.54, 1.807) is 0 Å². The molecule has 1 saturated heterocycles. The number of nitrogens with zero attached hydrogens (tertiary/aromatic N) is 2. The van der Waals surface area contributed by atoms with Crippen LogP contribution in [0.1, 0.15) is 39.5 Å². The van der Waals surface area contributed by atoms with Gasteiger partial charge in [-0.25, -0.2) is 0 Å². The highest BCUT2D eigenvalue weighted by Gasteiger charge is 2.37. The summed E-state index contributed by atoms with van der Waals surface area (Å²) in [5.41, 5.74) is 0. The van der Waals surface area contributed by atoms with Gasteiger partial charge in [0.2, 0.25) is 0 Å². The lowest BCUT2D eigenvalue weighted by atomic mass is 10.1. The van der Waals surface area contributed by atoms with Crippen LogP contribution < -0.4 is 5.32 Å². The third-order valence-corrected chi connectivity index (χ3v) is 3.92. The zero-order valence-electron chi connectivity index (χ0n) is 10.4. The van der Waals surface area contributed by atoms with Gasteiger partial charge in [-0.1, -0.05) is 0 Å². The van der Waals surface area contributed by atoms with Crippen LogP contribution in [0.3, 0.4) is 0 Å². The molecule has 1 aliphatic heterocycles. The van der Waals surface area contributed by atoms with Gasteiger partial charge in [0.15, 0.2) is 0 Å². The van der Waals surface area contributed by atoms with Crippen molar-refractivity contribution in [2.75, 3.05) is 13.1 Å². The fourth-order valence-electron chi connectivity index (χ4n) is 3.18. The van der Waals surface area contributed by atoms with E-state index in [2.05, 4.69) is 30.1 Å². The Morgan fingerprint density at radius 1 is 1.44 bits per heavy atom. The number of likely N-dealkylation sites (tertiary alicyclic amines) is 1. The minimum absolute atomic E-state index is 0.0270. The van der Waals surface area contributed by atoms with Crippen molar-refractivity contribution in [2.24, 2.45) is 5.92 Å². The predicted octanol–water partition coefficient (Wildman–Crippen LogP) is 1.75. The highest BCUT2D eigenvalue weighted by molar-refractivity contribution is 4.95. The fraction of sp³-hybridized carbons (Fsp3) is 0.923. The molecule has 3 unspecified atom stereocenters. The maximum absolute atomic E-state index is 9.05. The van der Waals surface area contributed by atoms with Crippen LogP contribution in [0, 0.1) is 17.2 Å². The summed E-state index contributed by atoms with van der Waals surface area (Å²) in [5.74, 6) is 0.962. The highest BCUT2D eigenvalue weighted by Crippen LogP contribution is 2.37. The average molecular weight is 221 g/mol. The SMILES string of the molecule is CC(C)NC(C#N)CCN1CC2CCC1C2. The van der Waals surface area contributed by atoms with Gasteiger partial charge in [0, 0.05) is 25.2 Å². The van der Waals surface area contributed by atoms with Gasteiger partial charge in [0.05, 0.1) is 12.1 Å². The first-order valence-corrected chi connectivity index (χ1v) is 6.58. The van der Waals surface area contributed by atoms with Crippen LogP contribution in [0.4, 0.5) is 0 Å². The largest absolute Gasteiger partial charge is 0.300 e. The summed E-state index contributed by atoms with van der Waals surface area (Å²) in [4.78, 5) is 2.60. The molecule has 0 aromatic rings. The van der Waals surface area contributed by atoms with Gasteiger partial charge in [0.1, 0.15) is 0 Å². The van der Waals surface area contributed by atoms with Gasteiger partial charge < -0.3 is 4.90 Å². The molecule has 2 rings (SSSR count). The molecule has 2 fully saturated rings. The van der Waals surface area contributed by atoms with Crippen molar-refractivity contribution < 1.29 is 0 Å². The van der Waals surface area contributed by atoms with E-state index in [4.69, 9.17) is 5.26 Å². The van der Waals surface area contributed by atoms with Crippen molar-refractivity contribution >= 4 is 0 Å². The maximum Gasteiger partial charge on any atom is 0.0967 e. The Balaban J connectivity index is 1.72. The molecule has 3 atom stereocenters. The second kappa shape index (κ2) is 5.16. The van der Waals surface area contributed by atoms with Gasteiger partial charge in [-0.15, -0.1) is 0 Å². The number of rotatable bonds is 5. The van der Waals surface area contributed by atoms with E-state index in [9.17, 15) is 0 Å². The van der Waals surface area contributed by atoms with Crippen molar-refractivity contribution in [1.82, 2.24) is 10.2 Å². The summed E-state index contributed by atoms with van der Waals surface area (Å²) in [7, 11) is 0. The molecule has 0 radical (unpaired) electrons. The molecule has 1 saturated carbocycles. The van der Waals surface area contributed by atoms with Crippen molar-refractivity contribution in [3.63, 3.8) is 0 Å². The summed E-state index contributed by atoms with van der Waals surface area (Å²) >= 11 is 0. The Morgan fingerprint density at radius 3 is 2.75 bits per heavy atom. The molecule has 2 bridgehead atoms. The molecule has 0 aromatic heterocycles. The number of fused-ring (bicyclic) bond motifs is 2. The number of hydrogen-bond donors (Lipinski definition) is 1. The quantitative estimate of drug-likeness (QED) is 0.769. The van der Waals surface area contributed by atoms with E-state index in [1.807, 2.05) is 0 Å². The zero-order chi connectivity index (χ0) is 11.5. The first-order chi connectivity index (χ1) is 7.69. The Kier molecular flexibility index (Phi) is 3.83. The normalized spacial score (nSPS) is 30.9. The molecule has 16 heavy (non-hydrogen) atoms. The van der Waals surface area contributed by atoms with E-state index >= 15 is 0 Å². The van der Waals surface area contributed by atoms with E-state index in [0.717, 1.165) is 24.9 Å². The van der Waals surface area contributed by atoms with E-state index in [-0.39, 0.29) is 6.04 Å². The van der Waals surface area contributed by atoms with Crippen LogP contribution in [0.2, 0.25) is 0 Å². The van der Waals surface area contributed by atoms with Crippen LogP contribution in [-0.2, 0) is 0 Å². The Bertz CT molecular complexity index is 269. The number of hydrogen-bond acceptors (Lipinski definition) is 3. The molecule has 0 amide bonds. The van der Waals surface area contributed by atoms with Crippen LogP contribution in [0.5, 0.6) is 0 Å². The molecule has 3 heteroatoms. The summed E-state index contributed by atoms with van der Waals surface area (Å²) in [6.45, 7) is 6.58. The van der Waals surface area contributed by atoms with Gasteiger partial charge in [-0.3, -0.25) is 5.32 Å². The third-order valence-electron chi connectivity index (χ3n) is 3.92. The van der Waals surface area contributed by atoms with Crippen molar-refractivity contribution in [2.45, 2.75) is 57.7 Å². The summed E-state index contributed by atoms with van der Waals surface area (Å²) in [6, 6.07) is 3.63. The fourth-order valence-corrected chi connectivity index (χ4v) is 3.18. The molecule has 1 aliphatic carbocycles. The van der Waals surface area contributed by atoms with Crippen molar-refractivity contribution in [3.05, 3.63) is 0 Å². The summed E-state index contributed by atoms with van der Waals surface area (Å²) in [5, 5.41) is 12.4. The smallest absolute Gasteiger partial charge is 0.0967 e. The van der Waals surface area contributed by atoms with Gasteiger partial charge in [-0.2, -0.15) is 5.26 Å². The molecule has 90 valence electrons. The molecule has 0 aromatic carbocycles. The zero-order valence-corrected chi connectivity index (χ0v) is 10.4. The highest BCUT2D eigenvalue weighted by atomic mass is 15.2. The van der Waals surface area contributed by atoms with Gasteiger partial charge in [0.25, 0.3) is 0 Å². The molecule has 0 spiro atoms. The predicted molar refractivity (Wildman–Crippen MR) is 65.0 cm³/mol. The monoisotopic (exact) mass is 221 g/mol. The second-order valence-electron chi connectivity index (χ2n) is 5.62. The lowest BCUT2D eigenvalue weighted by Gasteiger charge is -2.27. The van der Waals surface area contributed by atoms with E-state index in [1.165, 1.54) is 25.8 Å². The third kappa shape index (κ3) is 2.75. The van der Waals surface area contributed by atoms with Crippen LogP contribution in [-0.4, -0.2) is 36.1 Å². The topological polar surface area (TPSA) is 39.1 Å². The minimum Gasteiger partial charge on any atom is -0.300 e. The number of nitrogens with one attached hydrogen (secondary N) is 1. The van der Waals surface area contributed by atoms with Gasteiger partial charge >= 0.3 is 0 Å². The van der Waals surface area contributed by atoms with E-state index < -0.39 is 0 Å². The number of piperidine rings is 1.